The average molecular weight is 742 g/mol. The van der Waals surface area contributed by atoms with E-state index in [1.54, 1.807) is 0 Å². The highest BCUT2D eigenvalue weighted by atomic mass is 16.5. The number of nitrogens with one attached hydrogen (secondary N) is 4. The Morgan fingerprint density at radius 3 is 1.83 bits per heavy atom. The SMILES string of the molecule is CC(C)[C@@H]1CC1(NC(=O)[C@H](CCc1ccccc1)NC(=O)CN1CCOCC1)C(=O)N[C@@H](Cc1ccccc1)C(=O)NC1(C(=O)C2(C)CC2)C[C@H]1C(C)C. The van der Waals surface area contributed by atoms with Gasteiger partial charge in [0, 0.05) is 24.9 Å². The third-order valence-electron chi connectivity index (χ3n) is 12.3. The lowest BCUT2D eigenvalue weighted by Gasteiger charge is -2.29. The lowest BCUT2D eigenvalue weighted by Crippen LogP contribution is -2.61. The summed E-state index contributed by atoms with van der Waals surface area (Å²) in [6, 6.07) is 17.4. The lowest BCUT2D eigenvalue weighted by atomic mass is 9.90. The maximum Gasteiger partial charge on any atom is 0.246 e. The van der Waals surface area contributed by atoms with Crippen LogP contribution in [0.3, 0.4) is 0 Å². The van der Waals surface area contributed by atoms with Crippen LogP contribution in [0.5, 0.6) is 0 Å². The predicted molar refractivity (Wildman–Crippen MR) is 206 cm³/mol. The molecule has 1 heterocycles. The molecule has 4 N–H and O–H groups in total. The van der Waals surface area contributed by atoms with Crippen LogP contribution in [-0.4, -0.2) is 90.3 Å². The summed E-state index contributed by atoms with van der Waals surface area (Å²) in [6.45, 7) is 12.7. The summed E-state index contributed by atoms with van der Waals surface area (Å²) in [7, 11) is 0. The molecule has 3 saturated carbocycles. The van der Waals surface area contributed by atoms with Gasteiger partial charge in [0.2, 0.25) is 23.6 Å². The van der Waals surface area contributed by atoms with Crippen molar-refractivity contribution in [3.05, 3.63) is 71.8 Å². The van der Waals surface area contributed by atoms with Crippen molar-refractivity contribution in [2.75, 3.05) is 32.8 Å². The standard InChI is InChI=1S/C43H59N5O6/c1-28(2)32-25-42(32,39(52)41(5)18-19-41)46-38(51)35(24-31-14-10-7-11-15-31)45-40(53)43(26-33(43)29(3)4)47-37(50)34(17-16-30-12-8-6-9-13-30)44-36(49)27-48-20-22-54-23-21-48/h6-15,28-29,32-35H,16-27H2,1-5H3,(H,44,49)(H,45,53)(H,46,51)(H,47,50)/t32-,33-,34-,35-,42?,43?/m0/s1. The molecule has 0 radical (unpaired) electrons. The largest absolute Gasteiger partial charge is 0.379 e. The number of hydrogen-bond acceptors (Lipinski definition) is 7. The molecule has 0 aromatic heterocycles. The molecule has 4 amide bonds. The highest BCUT2D eigenvalue weighted by Gasteiger charge is 2.68. The van der Waals surface area contributed by atoms with Crippen molar-refractivity contribution in [1.82, 2.24) is 26.2 Å². The number of ether oxygens (including phenoxy) is 1. The van der Waals surface area contributed by atoms with Gasteiger partial charge in [-0.25, -0.2) is 0 Å². The van der Waals surface area contributed by atoms with Crippen LogP contribution in [0.15, 0.2) is 60.7 Å². The highest BCUT2D eigenvalue weighted by molar-refractivity contribution is 6.03. The van der Waals surface area contributed by atoms with E-state index in [0.29, 0.717) is 52.0 Å². The number of aryl methyl sites for hydroxylation is 1. The van der Waals surface area contributed by atoms with Crippen molar-refractivity contribution in [1.29, 1.82) is 0 Å². The minimum absolute atomic E-state index is 0.0325. The number of hydrogen-bond donors (Lipinski definition) is 4. The zero-order valence-electron chi connectivity index (χ0n) is 32.6. The van der Waals surface area contributed by atoms with Gasteiger partial charge in [0.25, 0.3) is 0 Å². The molecule has 3 aliphatic carbocycles. The second-order valence-corrected chi connectivity index (χ2v) is 17.2. The average Bonchev–Trinajstić information content (AvgIpc) is 4.09. The van der Waals surface area contributed by atoms with Crippen molar-refractivity contribution < 1.29 is 28.7 Å². The number of Topliss-reactive ketones (excluding diaryl/α,β-unsaturated/α-hetero) is 1. The molecule has 2 unspecified atom stereocenters. The summed E-state index contributed by atoms with van der Waals surface area (Å²) < 4.78 is 5.43. The molecule has 0 bridgehead atoms. The summed E-state index contributed by atoms with van der Waals surface area (Å²) in [5.74, 6) is -1.29. The van der Waals surface area contributed by atoms with Crippen molar-refractivity contribution in [3.63, 3.8) is 0 Å². The number of benzene rings is 2. The molecule has 11 nitrogen and oxygen atoms in total. The Hall–Kier alpha value is -4.09. The number of carbonyl (C=O) groups is 5. The van der Waals surface area contributed by atoms with Gasteiger partial charge in [-0.2, -0.15) is 0 Å². The number of amides is 4. The van der Waals surface area contributed by atoms with Gasteiger partial charge in [0.15, 0.2) is 5.78 Å². The van der Waals surface area contributed by atoms with Crippen molar-refractivity contribution in [2.45, 2.75) is 103 Å². The maximum atomic E-state index is 14.5. The molecule has 11 heteroatoms. The number of morpholine rings is 1. The fourth-order valence-corrected chi connectivity index (χ4v) is 8.45. The molecule has 6 atom stereocenters. The summed E-state index contributed by atoms with van der Waals surface area (Å²) >= 11 is 0. The van der Waals surface area contributed by atoms with Gasteiger partial charge in [0.1, 0.15) is 23.2 Å². The second kappa shape index (κ2) is 16.3. The van der Waals surface area contributed by atoms with Gasteiger partial charge in [-0.1, -0.05) is 95.3 Å². The lowest BCUT2D eigenvalue weighted by molar-refractivity contribution is -0.136. The number of nitrogens with zero attached hydrogens (tertiary/aromatic N) is 1. The van der Waals surface area contributed by atoms with Gasteiger partial charge in [-0.15, -0.1) is 0 Å². The molecule has 1 saturated heterocycles. The Balaban J connectivity index is 1.21. The first-order valence-electron chi connectivity index (χ1n) is 19.9. The van der Waals surface area contributed by atoms with Gasteiger partial charge < -0.3 is 26.0 Å². The highest BCUT2D eigenvalue weighted by Crippen LogP contribution is 2.58. The normalized spacial score (nSPS) is 26.6. The van der Waals surface area contributed by atoms with Gasteiger partial charge in [0.05, 0.1) is 19.8 Å². The Kier molecular flexibility index (Phi) is 12.0. The first-order chi connectivity index (χ1) is 25.8. The summed E-state index contributed by atoms with van der Waals surface area (Å²) in [6.07, 6.45) is 3.76. The number of ketones is 1. The van der Waals surface area contributed by atoms with E-state index in [-0.39, 0.29) is 48.3 Å². The van der Waals surface area contributed by atoms with Crippen LogP contribution in [-0.2, 0) is 41.6 Å². The maximum absolute atomic E-state index is 14.5. The van der Waals surface area contributed by atoms with Gasteiger partial charge in [-0.05, 0) is 73.3 Å². The van der Waals surface area contributed by atoms with Crippen LogP contribution in [0.2, 0.25) is 0 Å². The van der Waals surface area contributed by atoms with Crippen LogP contribution in [0.4, 0.5) is 0 Å². The number of carbonyl (C=O) groups excluding carboxylic acids is 5. The molecule has 292 valence electrons. The summed E-state index contributed by atoms with van der Waals surface area (Å²) in [5, 5.41) is 12.3. The smallest absolute Gasteiger partial charge is 0.246 e. The molecule has 54 heavy (non-hydrogen) atoms. The van der Waals surface area contributed by atoms with E-state index < -0.39 is 46.3 Å². The monoisotopic (exact) mass is 741 g/mol. The zero-order chi connectivity index (χ0) is 38.7. The Morgan fingerprint density at radius 1 is 0.741 bits per heavy atom. The summed E-state index contributed by atoms with van der Waals surface area (Å²) in [5.41, 5.74) is -0.713. The third-order valence-corrected chi connectivity index (χ3v) is 12.3. The quantitative estimate of drug-likeness (QED) is 0.183. The van der Waals surface area contributed by atoms with Crippen LogP contribution >= 0.6 is 0 Å². The summed E-state index contributed by atoms with van der Waals surface area (Å²) in [4.78, 5) is 72.3. The zero-order valence-corrected chi connectivity index (χ0v) is 32.6. The van der Waals surface area contributed by atoms with E-state index in [0.717, 1.165) is 24.0 Å². The van der Waals surface area contributed by atoms with E-state index in [2.05, 4.69) is 35.1 Å². The van der Waals surface area contributed by atoms with Crippen LogP contribution in [0.1, 0.15) is 77.8 Å². The Labute approximate surface area is 320 Å². The van der Waals surface area contributed by atoms with Crippen LogP contribution in [0.25, 0.3) is 0 Å². The second-order valence-electron chi connectivity index (χ2n) is 17.2. The Bertz CT molecular complexity index is 1670. The fourth-order valence-electron chi connectivity index (χ4n) is 8.45. The number of rotatable bonds is 18. The fraction of sp³-hybridized carbons (Fsp3) is 0.605. The van der Waals surface area contributed by atoms with Crippen molar-refractivity contribution in [3.8, 4) is 0 Å². The van der Waals surface area contributed by atoms with Gasteiger partial charge in [-0.3, -0.25) is 28.9 Å². The molecule has 4 aliphatic rings. The molecule has 6 rings (SSSR count). The van der Waals surface area contributed by atoms with Crippen molar-refractivity contribution >= 4 is 29.4 Å². The van der Waals surface area contributed by atoms with E-state index >= 15 is 0 Å². The van der Waals surface area contributed by atoms with Crippen molar-refractivity contribution in [2.24, 2.45) is 29.1 Å². The molecule has 4 fully saturated rings. The molecule has 2 aromatic carbocycles. The van der Waals surface area contributed by atoms with E-state index in [9.17, 15) is 24.0 Å². The minimum Gasteiger partial charge on any atom is -0.379 e. The minimum atomic E-state index is -1.25. The first-order valence-corrected chi connectivity index (χ1v) is 19.9. The molecule has 1 aliphatic heterocycles. The Morgan fingerprint density at radius 2 is 1.28 bits per heavy atom. The van der Waals surface area contributed by atoms with Crippen LogP contribution in [0, 0.1) is 29.1 Å². The molecule has 2 aromatic rings. The third kappa shape index (κ3) is 9.05. The van der Waals surface area contributed by atoms with Crippen LogP contribution < -0.4 is 21.3 Å². The predicted octanol–water partition coefficient (Wildman–Crippen LogP) is 3.59. The van der Waals surface area contributed by atoms with E-state index in [4.69, 9.17) is 4.74 Å². The molecular weight excluding hydrogens is 683 g/mol. The van der Waals surface area contributed by atoms with E-state index in [1.807, 2.05) is 86.3 Å². The molecule has 0 spiro atoms. The topological polar surface area (TPSA) is 146 Å². The van der Waals surface area contributed by atoms with E-state index in [1.165, 1.54) is 0 Å². The first kappa shape index (κ1) is 39.6. The molecular formula is C43H59N5O6. The van der Waals surface area contributed by atoms with Gasteiger partial charge >= 0.3 is 0 Å².